The van der Waals surface area contributed by atoms with E-state index >= 15 is 0 Å². The predicted octanol–water partition coefficient (Wildman–Crippen LogP) is 3.44. The fourth-order valence-electron chi connectivity index (χ4n) is 4.08. The van der Waals surface area contributed by atoms with Gasteiger partial charge in [-0.25, -0.2) is 0 Å². The number of piperidine rings is 2. The molecule has 132 valence electrons. The van der Waals surface area contributed by atoms with Gasteiger partial charge in [-0.2, -0.15) is 0 Å². The van der Waals surface area contributed by atoms with Gasteiger partial charge in [0.2, 0.25) is 0 Å². The summed E-state index contributed by atoms with van der Waals surface area (Å²) in [5.41, 5.74) is 1.33. The molecule has 2 aliphatic heterocycles. The number of aliphatic hydroxyl groups is 1. The number of carbonyl (C=O) groups excluding carboxylic acids is 1. The summed E-state index contributed by atoms with van der Waals surface area (Å²) < 4.78 is 0. The Bertz CT molecular complexity index is 559. The minimum absolute atomic E-state index is 0.120. The van der Waals surface area contributed by atoms with Crippen LogP contribution in [0.4, 0.5) is 5.69 Å². The number of carbonyl (C=O) groups is 1. The molecule has 0 aromatic heterocycles. The molecule has 1 N–H and O–H groups in total. The first kappa shape index (κ1) is 17.3. The fraction of sp³-hybridized carbons (Fsp3) is 0.650. The molecule has 0 spiro atoms. The maximum Gasteiger partial charge on any atom is 0.255 e. The van der Waals surface area contributed by atoms with Gasteiger partial charge in [-0.3, -0.25) is 4.79 Å². The summed E-state index contributed by atoms with van der Waals surface area (Å²) in [7, 11) is 0. The first-order valence-electron chi connectivity index (χ1n) is 9.48. The Labute approximate surface area is 145 Å². The van der Waals surface area contributed by atoms with E-state index in [0.29, 0.717) is 25.9 Å². The molecule has 0 unspecified atom stereocenters. The zero-order chi connectivity index (χ0) is 17.0. The van der Waals surface area contributed by atoms with E-state index in [2.05, 4.69) is 17.9 Å². The van der Waals surface area contributed by atoms with Crippen molar-refractivity contribution in [2.75, 3.05) is 31.1 Å². The second-order valence-electron chi connectivity index (χ2n) is 7.33. The third-order valence-corrected chi connectivity index (χ3v) is 5.53. The van der Waals surface area contributed by atoms with Crippen molar-refractivity contribution in [2.24, 2.45) is 0 Å². The van der Waals surface area contributed by atoms with E-state index in [4.69, 9.17) is 0 Å². The number of para-hydroxylation sites is 1. The molecule has 2 fully saturated rings. The van der Waals surface area contributed by atoms with Gasteiger partial charge in [-0.15, -0.1) is 0 Å². The third-order valence-electron chi connectivity index (χ3n) is 5.53. The van der Waals surface area contributed by atoms with Crippen molar-refractivity contribution in [3.63, 3.8) is 0 Å². The molecular formula is C20H30N2O2. The van der Waals surface area contributed by atoms with E-state index in [9.17, 15) is 9.90 Å². The van der Waals surface area contributed by atoms with Crippen LogP contribution in [0.3, 0.4) is 0 Å². The molecule has 0 atom stereocenters. The number of amides is 1. The maximum atomic E-state index is 13.0. The van der Waals surface area contributed by atoms with Crippen LogP contribution in [0.25, 0.3) is 0 Å². The van der Waals surface area contributed by atoms with Gasteiger partial charge in [0.05, 0.1) is 11.2 Å². The fourth-order valence-corrected chi connectivity index (χ4v) is 4.08. The molecule has 3 rings (SSSR count). The molecule has 2 heterocycles. The normalized spacial score (nSPS) is 20.9. The molecular weight excluding hydrogens is 300 g/mol. The molecule has 4 nitrogen and oxygen atoms in total. The Hall–Kier alpha value is -1.55. The Balaban J connectivity index is 1.72. The molecule has 0 radical (unpaired) electrons. The zero-order valence-electron chi connectivity index (χ0n) is 14.8. The molecule has 0 saturated carbocycles. The molecule has 1 aromatic carbocycles. The molecule has 2 aliphatic rings. The first-order valence-corrected chi connectivity index (χ1v) is 9.48. The molecule has 0 aliphatic carbocycles. The third kappa shape index (κ3) is 3.75. The van der Waals surface area contributed by atoms with Crippen LogP contribution in [0, 0.1) is 0 Å². The van der Waals surface area contributed by atoms with Gasteiger partial charge >= 0.3 is 0 Å². The quantitative estimate of drug-likeness (QED) is 0.919. The Kier molecular flexibility index (Phi) is 5.44. The summed E-state index contributed by atoms with van der Waals surface area (Å²) >= 11 is 0. The van der Waals surface area contributed by atoms with Crippen LogP contribution < -0.4 is 4.90 Å². The summed E-state index contributed by atoms with van der Waals surface area (Å²) in [5, 5.41) is 10.6. The Morgan fingerprint density at radius 2 is 1.75 bits per heavy atom. The highest BCUT2D eigenvalue weighted by Crippen LogP contribution is 2.30. The minimum atomic E-state index is -0.572. The summed E-state index contributed by atoms with van der Waals surface area (Å²) in [6.07, 6.45) is 6.90. The average molecular weight is 330 g/mol. The van der Waals surface area contributed by atoms with Gasteiger partial charge in [-0.05, 0) is 50.7 Å². The summed E-state index contributed by atoms with van der Waals surface area (Å²) in [5.74, 6) is 0.120. The first-order chi connectivity index (χ1) is 11.6. The van der Waals surface area contributed by atoms with Gasteiger partial charge in [-0.1, -0.05) is 25.5 Å². The van der Waals surface area contributed by atoms with Crippen LogP contribution in [0.5, 0.6) is 0 Å². The van der Waals surface area contributed by atoms with Crippen LogP contribution in [-0.4, -0.2) is 47.7 Å². The number of nitrogens with zero attached hydrogens (tertiary/aromatic N) is 2. The van der Waals surface area contributed by atoms with Crippen molar-refractivity contribution in [1.82, 2.24) is 4.90 Å². The Morgan fingerprint density at radius 1 is 1.08 bits per heavy atom. The SMILES string of the molecule is CCCC1(O)CCN(C(=O)c2ccccc2N2CCCCC2)CC1. The highest BCUT2D eigenvalue weighted by molar-refractivity contribution is 5.99. The van der Waals surface area contributed by atoms with Crippen molar-refractivity contribution in [2.45, 2.75) is 57.5 Å². The monoisotopic (exact) mass is 330 g/mol. The van der Waals surface area contributed by atoms with Crippen LogP contribution in [0.2, 0.25) is 0 Å². The molecule has 4 heteroatoms. The van der Waals surface area contributed by atoms with E-state index in [0.717, 1.165) is 37.2 Å². The lowest BCUT2D eigenvalue weighted by atomic mass is 9.87. The van der Waals surface area contributed by atoms with Gasteiger partial charge in [0.15, 0.2) is 0 Å². The number of anilines is 1. The number of rotatable bonds is 4. The van der Waals surface area contributed by atoms with Crippen LogP contribution in [0.15, 0.2) is 24.3 Å². The maximum absolute atomic E-state index is 13.0. The van der Waals surface area contributed by atoms with Gasteiger partial charge in [0.25, 0.3) is 5.91 Å². The number of likely N-dealkylation sites (tertiary alicyclic amines) is 1. The zero-order valence-corrected chi connectivity index (χ0v) is 14.8. The minimum Gasteiger partial charge on any atom is -0.390 e. The van der Waals surface area contributed by atoms with Crippen molar-refractivity contribution in [3.05, 3.63) is 29.8 Å². The standard InChI is InChI=1S/C20H30N2O2/c1-2-10-20(24)11-15-22(16-12-20)19(23)17-8-4-5-9-18(17)21-13-6-3-7-14-21/h4-5,8-9,24H,2-3,6-7,10-16H2,1H3. The van der Waals surface area contributed by atoms with E-state index in [1.165, 1.54) is 19.3 Å². The largest absolute Gasteiger partial charge is 0.390 e. The highest BCUT2D eigenvalue weighted by atomic mass is 16.3. The van der Waals surface area contributed by atoms with E-state index in [1.54, 1.807) is 0 Å². The van der Waals surface area contributed by atoms with Crippen molar-refractivity contribution in [1.29, 1.82) is 0 Å². The molecule has 0 bridgehead atoms. The second-order valence-corrected chi connectivity index (χ2v) is 7.33. The van der Waals surface area contributed by atoms with Crippen molar-refractivity contribution in [3.8, 4) is 0 Å². The van der Waals surface area contributed by atoms with E-state index in [-0.39, 0.29) is 5.91 Å². The average Bonchev–Trinajstić information content (AvgIpc) is 2.62. The number of hydrogen-bond acceptors (Lipinski definition) is 3. The molecule has 1 aromatic rings. The summed E-state index contributed by atoms with van der Waals surface area (Å²) in [4.78, 5) is 17.3. The van der Waals surface area contributed by atoms with Crippen molar-refractivity contribution < 1.29 is 9.90 Å². The van der Waals surface area contributed by atoms with Crippen molar-refractivity contribution >= 4 is 11.6 Å². The summed E-state index contributed by atoms with van der Waals surface area (Å²) in [6.45, 7) is 5.50. The lowest BCUT2D eigenvalue weighted by Crippen LogP contribution is -2.47. The second kappa shape index (κ2) is 7.56. The molecule has 1 amide bonds. The lowest BCUT2D eigenvalue weighted by molar-refractivity contribution is -0.0233. The van der Waals surface area contributed by atoms with Gasteiger partial charge in [0, 0.05) is 31.9 Å². The van der Waals surface area contributed by atoms with E-state index < -0.39 is 5.60 Å². The summed E-state index contributed by atoms with van der Waals surface area (Å²) in [6, 6.07) is 8.02. The highest BCUT2D eigenvalue weighted by Gasteiger charge is 2.34. The Morgan fingerprint density at radius 3 is 2.42 bits per heavy atom. The van der Waals surface area contributed by atoms with Crippen LogP contribution in [0.1, 0.15) is 62.2 Å². The lowest BCUT2D eigenvalue weighted by Gasteiger charge is -2.39. The van der Waals surface area contributed by atoms with Gasteiger partial charge in [0.1, 0.15) is 0 Å². The van der Waals surface area contributed by atoms with Crippen LogP contribution in [-0.2, 0) is 0 Å². The molecule has 24 heavy (non-hydrogen) atoms. The van der Waals surface area contributed by atoms with E-state index in [1.807, 2.05) is 23.1 Å². The number of hydrogen-bond donors (Lipinski definition) is 1. The topological polar surface area (TPSA) is 43.8 Å². The van der Waals surface area contributed by atoms with Gasteiger partial charge < -0.3 is 14.9 Å². The van der Waals surface area contributed by atoms with Crippen LogP contribution >= 0.6 is 0 Å². The molecule has 2 saturated heterocycles. The number of benzene rings is 1. The predicted molar refractivity (Wildman–Crippen MR) is 97.5 cm³/mol. The smallest absolute Gasteiger partial charge is 0.255 e.